The van der Waals surface area contributed by atoms with Crippen LogP contribution >= 0.6 is 0 Å². The number of nitrogens with two attached hydrogens (primary N) is 1. The van der Waals surface area contributed by atoms with Gasteiger partial charge in [0.25, 0.3) is 5.91 Å². The predicted molar refractivity (Wildman–Crippen MR) is 105 cm³/mol. The van der Waals surface area contributed by atoms with Crippen molar-refractivity contribution in [2.24, 2.45) is 0 Å². The molecule has 0 radical (unpaired) electrons. The molecule has 0 unspecified atom stereocenters. The number of carbonyl (C=O) groups is 1. The summed E-state index contributed by atoms with van der Waals surface area (Å²) in [5.74, 6) is 0.246. The summed E-state index contributed by atoms with van der Waals surface area (Å²) in [4.78, 5) is 23.2. The zero-order valence-corrected chi connectivity index (χ0v) is 14.7. The number of aryl methyl sites for hydroxylation is 1. The van der Waals surface area contributed by atoms with E-state index in [4.69, 9.17) is 5.73 Å². The van der Waals surface area contributed by atoms with Crippen molar-refractivity contribution >= 4 is 34.0 Å². The van der Waals surface area contributed by atoms with Gasteiger partial charge in [-0.1, -0.05) is 6.07 Å². The molecule has 6 nitrogen and oxygen atoms in total. The van der Waals surface area contributed by atoms with Crippen molar-refractivity contribution in [1.82, 2.24) is 9.97 Å². The van der Waals surface area contributed by atoms with Crippen molar-refractivity contribution in [3.8, 4) is 0 Å². The molecule has 0 bridgehead atoms. The molecule has 1 aromatic heterocycles. The Labute approximate surface area is 152 Å². The molecular weight excluding hydrogens is 326 g/mol. The van der Waals surface area contributed by atoms with Crippen LogP contribution in [0.2, 0.25) is 0 Å². The molecule has 6 heteroatoms. The average Bonchev–Trinajstić information content (AvgIpc) is 3.17. The molecule has 3 aromatic rings. The lowest BCUT2D eigenvalue weighted by Gasteiger charge is -2.21. The normalized spacial score (nSPS) is 14.0. The van der Waals surface area contributed by atoms with Gasteiger partial charge in [0, 0.05) is 35.4 Å². The van der Waals surface area contributed by atoms with Crippen LogP contribution in [0.4, 0.5) is 17.2 Å². The largest absolute Gasteiger partial charge is 0.383 e. The van der Waals surface area contributed by atoms with Crippen LogP contribution in [-0.4, -0.2) is 29.0 Å². The van der Waals surface area contributed by atoms with Crippen LogP contribution in [0.25, 0.3) is 10.9 Å². The van der Waals surface area contributed by atoms with E-state index in [-0.39, 0.29) is 5.91 Å². The minimum absolute atomic E-state index is 0.166. The van der Waals surface area contributed by atoms with Crippen molar-refractivity contribution in [3.05, 3.63) is 53.9 Å². The quantitative estimate of drug-likeness (QED) is 0.759. The first-order valence-electron chi connectivity index (χ1n) is 8.79. The number of rotatable bonds is 3. The Bertz CT molecular complexity index is 979. The molecule has 1 aliphatic heterocycles. The molecule has 0 spiro atoms. The second-order valence-corrected chi connectivity index (χ2v) is 6.64. The van der Waals surface area contributed by atoms with Crippen LogP contribution in [0.5, 0.6) is 0 Å². The summed E-state index contributed by atoms with van der Waals surface area (Å²) in [6.07, 6.45) is 3.85. The third kappa shape index (κ3) is 3.06. The molecule has 1 aliphatic rings. The smallest absolute Gasteiger partial charge is 0.255 e. The first kappa shape index (κ1) is 16.3. The van der Waals surface area contributed by atoms with E-state index in [9.17, 15) is 4.79 Å². The van der Waals surface area contributed by atoms with Gasteiger partial charge < -0.3 is 16.0 Å². The van der Waals surface area contributed by atoms with Gasteiger partial charge in [0.1, 0.15) is 12.1 Å². The van der Waals surface area contributed by atoms with Crippen molar-refractivity contribution in [1.29, 1.82) is 0 Å². The Kier molecular flexibility index (Phi) is 4.16. The lowest BCUT2D eigenvalue weighted by Crippen LogP contribution is -2.19. The van der Waals surface area contributed by atoms with Crippen molar-refractivity contribution in [3.63, 3.8) is 0 Å². The molecule has 132 valence electrons. The number of amides is 1. The van der Waals surface area contributed by atoms with Gasteiger partial charge in [0.2, 0.25) is 0 Å². The fraction of sp³-hybridized carbons (Fsp3) is 0.250. The number of nitrogens with one attached hydrogen (secondary N) is 1. The highest BCUT2D eigenvalue weighted by Gasteiger charge is 2.16. The number of anilines is 3. The summed E-state index contributed by atoms with van der Waals surface area (Å²) >= 11 is 0. The van der Waals surface area contributed by atoms with Gasteiger partial charge in [-0.25, -0.2) is 9.97 Å². The Balaban J connectivity index is 1.59. The average molecular weight is 347 g/mol. The number of benzene rings is 2. The molecule has 1 amide bonds. The van der Waals surface area contributed by atoms with Crippen molar-refractivity contribution < 1.29 is 4.79 Å². The maximum Gasteiger partial charge on any atom is 0.255 e. The maximum atomic E-state index is 12.7. The zero-order valence-electron chi connectivity index (χ0n) is 14.7. The van der Waals surface area contributed by atoms with Crippen LogP contribution < -0.4 is 16.0 Å². The highest BCUT2D eigenvalue weighted by Crippen LogP contribution is 2.28. The summed E-state index contributed by atoms with van der Waals surface area (Å²) in [5.41, 5.74) is 10.3. The summed E-state index contributed by atoms with van der Waals surface area (Å²) in [6.45, 7) is 4.25. The van der Waals surface area contributed by atoms with Crippen LogP contribution in [-0.2, 0) is 0 Å². The van der Waals surface area contributed by atoms with Crippen molar-refractivity contribution in [2.45, 2.75) is 19.8 Å². The molecule has 2 heterocycles. The Hall–Kier alpha value is -3.15. The van der Waals surface area contributed by atoms with Crippen LogP contribution in [0.1, 0.15) is 28.8 Å². The summed E-state index contributed by atoms with van der Waals surface area (Å²) in [7, 11) is 0. The first-order chi connectivity index (χ1) is 12.6. The van der Waals surface area contributed by atoms with Gasteiger partial charge in [-0.2, -0.15) is 0 Å². The number of hydrogen-bond donors (Lipinski definition) is 2. The number of aromatic nitrogens is 2. The van der Waals surface area contributed by atoms with E-state index in [1.165, 1.54) is 30.4 Å². The predicted octanol–water partition coefficient (Wildman–Crippen LogP) is 3.37. The standard InChI is InChI=1S/C20H21N5O/c1-13-4-6-15(11-18(13)25-8-2-3-9-25)24-20(26)14-5-7-16-17(10-14)22-12-23-19(16)21/h4-7,10-12H,2-3,8-9H2,1H3,(H,24,26)(H2,21,22,23). The second kappa shape index (κ2) is 6.63. The Morgan fingerprint density at radius 1 is 1.12 bits per heavy atom. The summed E-state index contributed by atoms with van der Waals surface area (Å²) in [5, 5.41) is 3.73. The van der Waals surface area contributed by atoms with Gasteiger partial charge in [0.05, 0.1) is 5.52 Å². The number of carbonyl (C=O) groups excluding carboxylic acids is 1. The van der Waals surface area contributed by atoms with Crippen LogP contribution in [0.3, 0.4) is 0 Å². The van der Waals surface area contributed by atoms with E-state index < -0.39 is 0 Å². The van der Waals surface area contributed by atoms with Gasteiger partial charge >= 0.3 is 0 Å². The van der Waals surface area contributed by atoms with Gasteiger partial charge in [0.15, 0.2) is 0 Å². The van der Waals surface area contributed by atoms with E-state index in [2.05, 4.69) is 39.2 Å². The van der Waals surface area contributed by atoms with Crippen molar-refractivity contribution in [2.75, 3.05) is 29.0 Å². The molecular formula is C20H21N5O. The van der Waals surface area contributed by atoms with E-state index in [0.717, 1.165) is 24.2 Å². The topological polar surface area (TPSA) is 84.1 Å². The van der Waals surface area contributed by atoms with E-state index in [0.29, 0.717) is 16.9 Å². The third-order valence-electron chi connectivity index (χ3n) is 4.84. The number of hydrogen-bond acceptors (Lipinski definition) is 5. The molecule has 0 atom stereocenters. The Morgan fingerprint density at radius 3 is 2.73 bits per heavy atom. The monoisotopic (exact) mass is 347 g/mol. The lowest BCUT2D eigenvalue weighted by molar-refractivity contribution is 0.102. The highest BCUT2D eigenvalue weighted by atomic mass is 16.1. The summed E-state index contributed by atoms with van der Waals surface area (Å²) in [6, 6.07) is 11.3. The molecule has 2 aromatic carbocycles. The number of nitrogens with zero attached hydrogens (tertiary/aromatic N) is 3. The zero-order chi connectivity index (χ0) is 18.1. The van der Waals surface area contributed by atoms with Gasteiger partial charge in [-0.05, 0) is 55.7 Å². The molecule has 3 N–H and O–H groups in total. The van der Waals surface area contributed by atoms with Gasteiger partial charge in [-0.15, -0.1) is 0 Å². The molecule has 26 heavy (non-hydrogen) atoms. The van der Waals surface area contributed by atoms with Gasteiger partial charge in [-0.3, -0.25) is 4.79 Å². The molecule has 0 saturated carbocycles. The first-order valence-corrected chi connectivity index (χ1v) is 8.79. The third-order valence-corrected chi connectivity index (χ3v) is 4.84. The minimum atomic E-state index is -0.166. The van der Waals surface area contributed by atoms with Crippen LogP contribution in [0, 0.1) is 6.92 Å². The minimum Gasteiger partial charge on any atom is -0.383 e. The SMILES string of the molecule is Cc1ccc(NC(=O)c2ccc3c(N)ncnc3c2)cc1N1CCCC1. The number of nitrogen functional groups attached to an aromatic ring is 1. The molecule has 4 rings (SSSR count). The van der Waals surface area contributed by atoms with E-state index in [1.807, 2.05) is 6.07 Å². The maximum absolute atomic E-state index is 12.7. The number of fused-ring (bicyclic) bond motifs is 1. The Morgan fingerprint density at radius 2 is 1.92 bits per heavy atom. The fourth-order valence-electron chi connectivity index (χ4n) is 3.41. The second-order valence-electron chi connectivity index (χ2n) is 6.64. The molecule has 1 saturated heterocycles. The molecule has 0 aliphatic carbocycles. The lowest BCUT2D eigenvalue weighted by atomic mass is 10.1. The van der Waals surface area contributed by atoms with E-state index >= 15 is 0 Å². The summed E-state index contributed by atoms with van der Waals surface area (Å²) < 4.78 is 0. The van der Waals surface area contributed by atoms with E-state index in [1.54, 1.807) is 18.2 Å². The van der Waals surface area contributed by atoms with Crippen LogP contribution in [0.15, 0.2) is 42.7 Å². The highest BCUT2D eigenvalue weighted by molar-refractivity contribution is 6.06. The molecule has 1 fully saturated rings. The fourth-order valence-corrected chi connectivity index (χ4v) is 3.41.